The molecule has 1 atom stereocenters. The molecule has 1 unspecified atom stereocenters. The summed E-state index contributed by atoms with van der Waals surface area (Å²) in [5.74, 6) is 0.743. The van der Waals surface area contributed by atoms with Crippen LogP contribution in [0.3, 0.4) is 0 Å². The van der Waals surface area contributed by atoms with Gasteiger partial charge in [-0.3, -0.25) is 9.67 Å². The van der Waals surface area contributed by atoms with Crippen molar-refractivity contribution < 1.29 is 4.74 Å². The highest BCUT2D eigenvalue weighted by Gasteiger charge is 2.19. The van der Waals surface area contributed by atoms with Crippen molar-refractivity contribution in [2.24, 2.45) is 12.8 Å². The Morgan fingerprint density at radius 3 is 2.50 bits per heavy atom. The zero-order valence-electron chi connectivity index (χ0n) is 12.7. The van der Waals surface area contributed by atoms with Gasteiger partial charge in [0.15, 0.2) is 0 Å². The van der Waals surface area contributed by atoms with Gasteiger partial charge in [0, 0.05) is 24.5 Å². The van der Waals surface area contributed by atoms with Crippen LogP contribution in [0.5, 0.6) is 5.75 Å². The first-order chi connectivity index (χ1) is 9.40. The van der Waals surface area contributed by atoms with E-state index in [0.717, 1.165) is 28.3 Å². The van der Waals surface area contributed by atoms with Crippen molar-refractivity contribution in [1.29, 1.82) is 0 Å². The van der Waals surface area contributed by atoms with Crippen LogP contribution in [0, 0.1) is 13.8 Å². The molecule has 2 rings (SSSR count). The van der Waals surface area contributed by atoms with E-state index in [-0.39, 0.29) is 12.1 Å². The molecule has 0 bridgehead atoms. The molecule has 0 saturated carbocycles. The summed E-state index contributed by atoms with van der Waals surface area (Å²) in [5.41, 5.74) is 10.4. The van der Waals surface area contributed by atoms with Gasteiger partial charge in [-0.05, 0) is 39.3 Å². The molecule has 2 heterocycles. The summed E-state index contributed by atoms with van der Waals surface area (Å²) in [6.45, 7) is 7.98. The van der Waals surface area contributed by atoms with Crippen LogP contribution in [0.4, 0.5) is 0 Å². The predicted octanol–water partition coefficient (Wildman–Crippen LogP) is 2.27. The summed E-state index contributed by atoms with van der Waals surface area (Å²) < 4.78 is 7.52. The monoisotopic (exact) mass is 274 g/mol. The zero-order chi connectivity index (χ0) is 14.9. The van der Waals surface area contributed by atoms with E-state index in [2.05, 4.69) is 10.1 Å². The van der Waals surface area contributed by atoms with Crippen LogP contribution in [0.25, 0.3) is 0 Å². The maximum absolute atomic E-state index is 6.38. The summed E-state index contributed by atoms with van der Waals surface area (Å²) in [6.07, 6.45) is 3.60. The van der Waals surface area contributed by atoms with Gasteiger partial charge in [-0.25, -0.2) is 0 Å². The largest absolute Gasteiger partial charge is 0.489 e. The average Bonchev–Trinajstić information content (AvgIpc) is 2.62. The van der Waals surface area contributed by atoms with Gasteiger partial charge >= 0.3 is 0 Å². The van der Waals surface area contributed by atoms with Crippen LogP contribution in [-0.4, -0.2) is 20.9 Å². The number of aromatic nitrogens is 3. The SMILES string of the molecule is Cc1nn(C)c(C)c1C(N)c1cncc(OC(C)C)c1. The predicted molar refractivity (Wildman–Crippen MR) is 78.7 cm³/mol. The molecule has 20 heavy (non-hydrogen) atoms. The van der Waals surface area contributed by atoms with Crippen LogP contribution < -0.4 is 10.5 Å². The van der Waals surface area contributed by atoms with Gasteiger partial charge in [0.1, 0.15) is 5.75 Å². The maximum Gasteiger partial charge on any atom is 0.138 e. The van der Waals surface area contributed by atoms with Gasteiger partial charge < -0.3 is 10.5 Å². The molecule has 0 radical (unpaired) electrons. The van der Waals surface area contributed by atoms with Gasteiger partial charge in [0.25, 0.3) is 0 Å². The topological polar surface area (TPSA) is 66.0 Å². The number of nitrogens with zero attached hydrogens (tertiary/aromatic N) is 3. The van der Waals surface area contributed by atoms with Gasteiger partial charge in [0.05, 0.1) is 24.0 Å². The van der Waals surface area contributed by atoms with E-state index in [0.29, 0.717) is 0 Å². The fraction of sp³-hybridized carbons (Fsp3) is 0.467. The molecule has 2 aromatic heterocycles. The minimum atomic E-state index is -0.244. The van der Waals surface area contributed by atoms with Gasteiger partial charge in [-0.1, -0.05) is 0 Å². The van der Waals surface area contributed by atoms with E-state index in [1.54, 1.807) is 12.4 Å². The first-order valence-electron chi connectivity index (χ1n) is 6.77. The lowest BCUT2D eigenvalue weighted by molar-refractivity contribution is 0.241. The Bertz CT molecular complexity index is 604. The second-order valence-corrected chi connectivity index (χ2v) is 5.31. The van der Waals surface area contributed by atoms with Crippen LogP contribution in [0.1, 0.15) is 42.4 Å². The molecule has 0 aliphatic heterocycles. The third-order valence-corrected chi connectivity index (χ3v) is 3.34. The molecule has 108 valence electrons. The molecule has 0 amide bonds. The molecule has 0 spiro atoms. The highest BCUT2D eigenvalue weighted by Crippen LogP contribution is 2.27. The molecular weight excluding hydrogens is 252 g/mol. The van der Waals surface area contributed by atoms with Crippen molar-refractivity contribution in [2.75, 3.05) is 0 Å². The Labute approximate surface area is 119 Å². The lowest BCUT2D eigenvalue weighted by Crippen LogP contribution is -2.15. The van der Waals surface area contributed by atoms with E-state index in [4.69, 9.17) is 10.5 Å². The number of pyridine rings is 1. The Kier molecular flexibility index (Phi) is 4.09. The van der Waals surface area contributed by atoms with E-state index in [9.17, 15) is 0 Å². The minimum Gasteiger partial charge on any atom is -0.489 e. The van der Waals surface area contributed by atoms with E-state index < -0.39 is 0 Å². The van der Waals surface area contributed by atoms with Crippen molar-refractivity contribution in [3.8, 4) is 5.75 Å². The van der Waals surface area contributed by atoms with Gasteiger partial charge in [-0.15, -0.1) is 0 Å². The highest BCUT2D eigenvalue weighted by atomic mass is 16.5. The Hall–Kier alpha value is -1.88. The number of nitrogens with two attached hydrogens (primary N) is 1. The molecule has 0 aliphatic carbocycles. The summed E-state index contributed by atoms with van der Waals surface area (Å²) >= 11 is 0. The second-order valence-electron chi connectivity index (χ2n) is 5.31. The molecule has 5 heteroatoms. The lowest BCUT2D eigenvalue weighted by Gasteiger charge is -2.15. The summed E-state index contributed by atoms with van der Waals surface area (Å²) in [7, 11) is 1.93. The molecular formula is C15H22N4O. The average molecular weight is 274 g/mol. The standard InChI is InChI=1S/C15H22N4O/c1-9(2)20-13-6-12(7-17-8-13)15(16)14-10(3)18-19(5)11(14)4/h6-9,15H,16H2,1-5H3. The normalized spacial score (nSPS) is 12.8. The zero-order valence-corrected chi connectivity index (χ0v) is 12.7. The second kappa shape index (κ2) is 5.63. The van der Waals surface area contributed by atoms with Crippen molar-refractivity contribution in [3.05, 3.63) is 41.0 Å². The number of rotatable bonds is 4. The van der Waals surface area contributed by atoms with Crippen molar-refractivity contribution in [2.45, 2.75) is 39.8 Å². The van der Waals surface area contributed by atoms with E-state index in [1.165, 1.54) is 0 Å². The van der Waals surface area contributed by atoms with Crippen molar-refractivity contribution >= 4 is 0 Å². The molecule has 0 fully saturated rings. The molecule has 2 aromatic rings. The quantitative estimate of drug-likeness (QED) is 0.928. The minimum absolute atomic E-state index is 0.116. The fourth-order valence-electron chi connectivity index (χ4n) is 2.35. The molecule has 2 N–H and O–H groups in total. The first-order valence-corrected chi connectivity index (χ1v) is 6.77. The third-order valence-electron chi connectivity index (χ3n) is 3.34. The summed E-state index contributed by atoms with van der Waals surface area (Å²) in [4.78, 5) is 4.22. The Balaban J connectivity index is 2.35. The lowest BCUT2D eigenvalue weighted by atomic mass is 9.99. The Morgan fingerprint density at radius 2 is 1.95 bits per heavy atom. The van der Waals surface area contributed by atoms with Crippen LogP contribution >= 0.6 is 0 Å². The highest BCUT2D eigenvalue weighted by molar-refractivity contribution is 5.37. The van der Waals surface area contributed by atoms with Crippen LogP contribution in [0.2, 0.25) is 0 Å². The van der Waals surface area contributed by atoms with Crippen molar-refractivity contribution in [1.82, 2.24) is 14.8 Å². The van der Waals surface area contributed by atoms with Gasteiger partial charge in [-0.2, -0.15) is 5.10 Å². The number of hydrogen-bond donors (Lipinski definition) is 1. The van der Waals surface area contributed by atoms with E-state index in [1.807, 2.05) is 45.5 Å². The Morgan fingerprint density at radius 1 is 1.25 bits per heavy atom. The number of ether oxygens (including phenoxy) is 1. The summed E-state index contributed by atoms with van der Waals surface area (Å²) in [6, 6.07) is 1.70. The van der Waals surface area contributed by atoms with E-state index >= 15 is 0 Å². The third kappa shape index (κ3) is 2.82. The van der Waals surface area contributed by atoms with Crippen molar-refractivity contribution in [3.63, 3.8) is 0 Å². The molecule has 5 nitrogen and oxygen atoms in total. The number of hydrogen-bond acceptors (Lipinski definition) is 4. The van der Waals surface area contributed by atoms with Crippen LogP contribution in [-0.2, 0) is 7.05 Å². The number of aryl methyl sites for hydroxylation is 2. The summed E-state index contributed by atoms with van der Waals surface area (Å²) in [5, 5.41) is 4.41. The smallest absolute Gasteiger partial charge is 0.138 e. The molecule has 0 saturated heterocycles. The maximum atomic E-state index is 6.38. The fourth-order valence-corrected chi connectivity index (χ4v) is 2.35. The van der Waals surface area contributed by atoms with Gasteiger partial charge in [0.2, 0.25) is 0 Å². The molecule has 0 aliphatic rings. The van der Waals surface area contributed by atoms with Crippen LogP contribution in [0.15, 0.2) is 18.5 Å². The first kappa shape index (κ1) is 14.5. The molecule has 0 aromatic carbocycles.